The molecule has 2 heterocycles. The van der Waals surface area contributed by atoms with Gasteiger partial charge in [0.15, 0.2) is 0 Å². The van der Waals surface area contributed by atoms with Gasteiger partial charge >= 0.3 is 0 Å². The van der Waals surface area contributed by atoms with E-state index in [0.29, 0.717) is 16.3 Å². The van der Waals surface area contributed by atoms with Crippen molar-refractivity contribution in [2.75, 3.05) is 11.1 Å². The Hall–Kier alpha value is -1.92. The Bertz CT molecular complexity index is 786. The number of pyridine rings is 1. The van der Waals surface area contributed by atoms with E-state index in [2.05, 4.69) is 26.2 Å². The highest BCUT2D eigenvalue weighted by molar-refractivity contribution is 9.10. The first kappa shape index (κ1) is 13.1. The van der Waals surface area contributed by atoms with Gasteiger partial charge in [-0.3, -0.25) is 9.78 Å². The van der Waals surface area contributed by atoms with Crippen LogP contribution in [0.5, 0.6) is 0 Å². The second-order valence-corrected chi connectivity index (χ2v) is 6.15. The third-order valence-corrected chi connectivity index (χ3v) is 4.48. The van der Waals surface area contributed by atoms with Gasteiger partial charge in [0.25, 0.3) is 5.91 Å². The molecular weight excluding hydrogens is 338 g/mol. The van der Waals surface area contributed by atoms with Gasteiger partial charge in [-0.2, -0.15) is 0 Å². The third kappa shape index (κ3) is 2.39. The standard InChI is InChI=1S/C14H10BrN3OS/c15-8-3-4-10-11(6-8)20-13(12(10)16)14(19)18-9-2-1-5-17-7-9/h1-7H,16H2,(H,18,19). The average molecular weight is 348 g/mol. The Morgan fingerprint density at radius 1 is 1.35 bits per heavy atom. The number of thiophene rings is 1. The van der Waals surface area contributed by atoms with E-state index in [4.69, 9.17) is 5.73 Å². The van der Waals surface area contributed by atoms with Crippen molar-refractivity contribution in [1.82, 2.24) is 4.98 Å². The molecule has 0 unspecified atom stereocenters. The van der Waals surface area contributed by atoms with E-state index < -0.39 is 0 Å². The van der Waals surface area contributed by atoms with Crippen LogP contribution in [0.3, 0.4) is 0 Å². The summed E-state index contributed by atoms with van der Waals surface area (Å²) in [7, 11) is 0. The van der Waals surface area contributed by atoms with Gasteiger partial charge < -0.3 is 11.1 Å². The maximum Gasteiger partial charge on any atom is 0.267 e. The van der Waals surface area contributed by atoms with Gasteiger partial charge in [0.1, 0.15) is 4.88 Å². The van der Waals surface area contributed by atoms with Crippen molar-refractivity contribution in [3.8, 4) is 0 Å². The second kappa shape index (κ2) is 5.22. The molecule has 0 saturated heterocycles. The summed E-state index contributed by atoms with van der Waals surface area (Å²) in [5.74, 6) is -0.215. The summed E-state index contributed by atoms with van der Waals surface area (Å²) in [4.78, 5) is 16.7. The molecule has 3 N–H and O–H groups in total. The van der Waals surface area contributed by atoms with Crippen molar-refractivity contribution in [1.29, 1.82) is 0 Å². The first-order valence-corrected chi connectivity index (χ1v) is 7.45. The number of benzene rings is 1. The number of carbonyl (C=O) groups is 1. The van der Waals surface area contributed by atoms with Gasteiger partial charge in [-0.1, -0.05) is 22.0 Å². The fourth-order valence-corrected chi connectivity index (χ4v) is 3.45. The molecule has 0 aliphatic carbocycles. The van der Waals surface area contributed by atoms with E-state index >= 15 is 0 Å². The first-order chi connectivity index (χ1) is 9.65. The number of fused-ring (bicyclic) bond motifs is 1. The fraction of sp³-hybridized carbons (Fsp3) is 0. The maximum atomic E-state index is 12.3. The number of rotatable bonds is 2. The zero-order valence-electron chi connectivity index (χ0n) is 10.3. The van der Waals surface area contributed by atoms with Crippen molar-refractivity contribution in [2.24, 2.45) is 0 Å². The van der Waals surface area contributed by atoms with Crippen LogP contribution in [0.2, 0.25) is 0 Å². The van der Waals surface area contributed by atoms with Crippen LogP contribution in [0.1, 0.15) is 9.67 Å². The Morgan fingerprint density at radius 3 is 2.95 bits per heavy atom. The molecule has 100 valence electrons. The van der Waals surface area contributed by atoms with Crippen molar-refractivity contribution in [3.05, 3.63) is 52.1 Å². The summed E-state index contributed by atoms with van der Waals surface area (Å²) in [5, 5.41) is 3.69. The van der Waals surface area contributed by atoms with Gasteiger partial charge in [0.2, 0.25) is 0 Å². The molecule has 0 aliphatic rings. The summed E-state index contributed by atoms with van der Waals surface area (Å²) in [5.41, 5.74) is 7.22. The molecule has 6 heteroatoms. The van der Waals surface area contributed by atoms with Crippen LogP contribution in [0.25, 0.3) is 10.1 Å². The summed E-state index contributed by atoms with van der Waals surface area (Å²) < 4.78 is 1.94. The Labute approximate surface area is 127 Å². The lowest BCUT2D eigenvalue weighted by Gasteiger charge is -2.03. The molecular formula is C14H10BrN3OS. The lowest BCUT2D eigenvalue weighted by Crippen LogP contribution is -2.11. The lowest BCUT2D eigenvalue weighted by atomic mass is 10.2. The number of hydrogen-bond acceptors (Lipinski definition) is 4. The minimum absolute atomic E-state index is 0.215. The molecule has 3 rings (SSSR count). The minimum Gasteiger partial charge on any atom is -0.397 e. The molecule has 4 nitrogen and oxygen atoms in total. The van der Waals surface area contributed by atoms with Crippen LogP contribution in [-0.4, -0.2) is 10.9 Å². The number of carbonyl (C=O) groups excluding carboxylic acids is 1. The van der Waals surface area contributed by atoms with E-state index in [-0.39, 0.29) is 5.91 Å². The van der Waals surface area contributed by atoms with Gasteiger partial charge in [-0.25, -0.2) is 0 Å². The van der Waals surface area contributed by atoms with Crippen LogP contribution in [0.15, 0.2) is 47.2 Å². The molecule has 3 aromatic rings. The van der Waals surface area contributed by atoms with Crippen LogP contribution >= 0.6 is 27.3 Å². The molecule has 0 spiro atoms. The number of aromatic nitrogens is 1. The summed E-state index contributed by atoms with van der Waals surface area (Å²) in [6.07, 6.45) is 3.25. The van der Waals surface area contributed by atoms with Crippen LogP contribution in [-0.2, 0) is 0 Å². The largest absolute Gasteiger partial charge is 0.397 e. The quantitative estimate of drug-likeness (QED) is 0.738. The van der Waals surface area contributed by atoms with Crippen molar-refractivity contribution in [2.45, 2.75) is 0 Å². The Kier molecular flexibility index (Phi) is 3.42. The highest BCUT2D eigenvalue weighted by atomic mass is 79.9. The number of nitrogen functional groups attached to an aromatic ring is 1. The van der Waals surface area contributed by atoms with Crippen molar-refractivity contribution in [3.63, 3.8) is 0 Å². The number of nitrogens with one attached hydrogen (secondary N) is 1. The number of amides is 1. The number of nitrogens with two attached hydrogens (primary N) is 1. The number of hydrogen-bond donors (Lipinski definition) is 2. The highest BCUT2D eigenvalue weighted by Crippen LogP contribution is 2.35. The molecule has 20 heavy (non-hydrogen) atoms. The zero-order valence-corrected chi connectivity index (χ0v) is 12.7. The van der Waals surface area contributed by atoms with E-state index in [1.54, 1.807) is 24.5 Å². The summed E-state index contributed by atoms with van der Waals surface area (Å²) >= 11 is 4.79. The monoisotopic (exact) mass is 347 g/mol. The summed E-state index contributed by atoms with van der Waals surface area (Å²) in [6.45, 7) is 0. The van der Waals surface area contributed by atoms with E-state index in [9.17, 15) is 4.79 Å². The number of nitrogens with zero attached hydrogens (tertiary/aromatic N) is 1. The Balaban J connectivity index is 1.97. The van der Waals surface area contributed by atoms with E-state index in [0.717, 1.165) is 14.6 Å². The average Bonchev–Trinajstić information content (AvgIpc) is 2.76. The van der Waals surface area contributed by atoms with Gasteiger partial charge in [0.05, 0.1) is 17.6 Å². The molecule has 1 amide bonds. The molecule has 2 aromatic heterocycles. The molecule has 0 atom stereocenters. The first-order valence-electron chi connectivity index (χ1n) is 5.84. The van der Waals surface area contributed by atoms with Gasteiger partial charge in [0, 0.05) is 20.8 Å². The van der Waals surface area contributed by atoms with Crippen molar-refractivity contribution >= 4 is 54.6 Å². The van der Waals surface area contributed by atoms with E-state index in [1.807, 2.05) is 18.2 Å². The molecule has 0 saturated carbocycles. The lowest BCUT2D eigenvalue weighted by molar-refractivity contribution is 0.103. The van der Waals surface area contributed by atoms with Crippen LogP contribution in [0, 0.1) is 0 Å². The maximum absolute atomic E-state index is 12.3. The molecule has 1 aromatic carbocycles. The topological polar surface area (TPSA) is 68.0 Å². The summed E-state index contributed by atoms with van der Waals surface area (Å²) in [6, 6.07) is 9.32. The van der Waals surface area contributed by atoms with E-state index in [1.165, 1.54) is 11.3 Å². The predicted molar refractivity (Wildman–Crippen MR) is 86.1 cm³/mol. The normalized spacial score (nSPS) is 10.7. The Morgan fingerprint density at radius 2 is 2.20 bits per heavy atom. The number of anilines is 2. The van der Waals surface area contributed by atoms with Crippen molar-refractivity contribution < 1.29 is 4.79 Å². The highest BCUT2D eigenvalue weighted by Gasteiger charge is 2.16. The minimum atomic E-state index is -0.215. The number of halogens is 1. The second-order valence-electron chi connectivity index (χ2n) is 4.18. The SMILES string of the molecule is Nc1c(C(=O)Nc2cccnc2)sc2cc(Br)ccc12. The molecule has 0 radical (unpaired) electrons. The fourth-order valence-electron chi connectivity index (χ4n) is 1.88. The van der Waals surface area contributed by atoms with Gasteiger partial charge in [-0.15, -0.1) is 11.3 Å². The molecule has 0 fully saturated rings. The molecule has 0 bridgehead atoms. The van der Waals surface area contributed by atoms with Gasteiger partial charge in [-0.05, 0) is 24.3 Å². The van der Waals surface area contributed by atoms with Crippen LogP contribution < -0.4 is 11.1 Å². The third-order valence-electron chi connectivity index (χ3n) is 2.82. The predicted octanol–water partition coefficient (Wildman–Crippen LogP) is 3.89. The molecule has 0 aliphatic heterocycles. The van der Waals surface area contributed by atoms with Crippen LogP contribution in [0.4, 0.5) is 11.4 Å². The smallest absolute Gasteiger partial charge is 0.267 e. The zero-order chi connectivity index (χ0) is 14.1.